The Balaban J connectivity index is 1.36. The Bertz CT molecular complexity index is 797. The zero-order valence-electron chi connectivity index (χ0n) is 15.0. The Morgan fingerprint density at radius 2 is 1.69 bits per heavy atom. The van der Waals surface area contributed by atoms with Gasteiger partial charge < -0.3 is 9.88 Å². The number of aromatic nitrogens is 2. The predicted molar refractivity (Wildman–Crippen MR) is 105 cm³/mol. The van der Waals surface area contributed by atoms with Crippen LogP contribution in [-0.2, 0) is 17.8 Å². The van der Waals surface area contributed by atoms with E-state index in [4.69, 9.17) is 0 Å². The summed E-state index contributed by atoms with van der Waals surface area (Å²) in [6.45, 7) is 1.53. The first-order chi connectivity index (χ1) is 12.8. The van der Waals surface area contributed by atoms with Gasteiger partial charge in [0.05, 0.1) is 0 Å². The van der Waals surface area contributed by atoms with E-state index >= 15 is 0 Å². The summed E-state index contributed by atoms with van der Waals surface area (Å²) < 4.78 is 2.14. The number of hydrogen-bond donors (Lipinski definition) is 1. The summed E-state index contributed by atoms with van der Waals surface area (Å²) in [4.78, 5) is 16.4. The Hall–Kier alpha value is -2.88. The van der Waals surface area contributed by atoms with Crippen LogP contribution < -0.4 is 5.32 Å². The van der Waals surface area contributed by atoms with Gasteiger partial charge in [0, 0.05) is 37.5 Å². The van der Waals surface area contributed by atoms with Crippen LogP contribution in [0.25, 0.3) is 11.4 Å². The SMILES string of the molecule is O=C(CCCc1ccccc1)NCCCn1ccnc1-c1ccccc1. The first-order valence-electron chi connectivity index (χ1n) is 9.20. The first-order valence-corrected chi connectivity index (χ1v) is 9.20. The smallest absolute Gasteiger partial charge is 0.220 e. The maximum atomic E-state index is 12.0. The van der Waals surface area contributed by atoms with Crippen molar-refractivity contribution in [2.75, 3.05) is 6.54 Å². The number of carbonyl (C=O) groups excluding carboxylic acids is 1. The fraction of sp³-hybridized carbons (Fsp3) is 0.273. The zero-order valence-corrected chi connectivity index (χ0v) is 15.0. The molecule has 1 heterocycles. The lowest BCUT2D eigenvalue weighted by Crippen LogP contribution is -2.25. The second-order valence-corrected chi connectivity index (χ2v) is 6.35. The van der Waals surface area contributed by atoms with E-state index in [1.807, 2.05) is 48.8 Å². The van der Waals surface area contributed by atoms with Crippen LogP contribution in [0.15, 0.2) is 73.1 Å². The Kier molecular flexibility index (Phi) is 6.59. The molecule has 4 nitrogen and oxygen atoms in total. The van der Waals surface area contributed by atoms with E-state index in [1.165, 1.54) is 5.56 Å². The summed E-state index contributed by atoms with van der Waals surface area (Å²) in [5.41, 5.74) is 2.40. The minimum Gasteiger partial charge on any atom is -0.356 e. The van der Waals surface area contributed by atoms with E-state index in [9.17, 15) is 4.79 Å². The standard InChI is InChI=1S/C22H25N3O/c26-21(14-7-11-19-9-3-1-4-10-19)23-15-8-17-25-18-16-24-22(25)20-12-5-2-6-13-20/h1-6,9-10,12-13,16,18H,7-8,11,14-15,17H2,(H,23,26). The molecule has 0 aliphatic carbocycles. The fourth-order valence-electron chi connectivity index (χ4n) is 3.00. The molecule has 0 bridgehead atoms. The third-order valence-corrected chi connectivity index (χ3v) is 4.36. The van der Waals surface area contributed by atoms with E-state index in [0.29, 0.717) is 13.0 Å². The second kappa shape index (κ2) is 9.56. The highest BCUT2D eigenvalue weighted by Gasteiger charge is 2.05. The van der Waals surface area contributed by atoms with Gasteiger partial charge >= 0.3 is 0 Å². The van der Waals surface area contributed by atoms with E-state index in [1.54, 1.807) is 0 Å². The normalized spacial score (nSPS) is 10.6. The Morgan fingerprint density at radius 1 is 0.962 bits per heavy atom. The number of rotatable bonds is 9. The van der Waals surface area contributed by atoms with Crippen molar-refractivity contribution in [3.8, 4) is 11.4 Å². The van der Waals surface area contributed by atoms with Gasteiger partial charge in [-0.05, 0) is 24.8 Å². The van der Waals surface area contributed by atoms with Crippen molar-refractivity contribution in [3.05, 3.63) is 78.6 Å². The van der Waals surface area contributed by atoms with E-state index in [2.05, 4.69) is 39.1 Å². The van der Waals surface area contributed by atoms with Gasteiger partial charge in [-0.2, -0.15) is 0 Å². The number of aryl methyl sites for hydroxylation is 2. The van der Waals surface area contributed by atoms with Crippen LogP contribution in [0.2, 0.25) is 0 Å². The minimum atomic E-state index is 0.134. The number of carbonyl (C=O) groups is 1. The highest BCUT2D eigenvalue weighted by Crippen LogP contribution is 2.16. The van der Waals surface area contributed by atoms with Gasteiger partial charge in [0.15, 0.2) is 0 Å². The average Bonchev–Trinajstić information content (AvgIpc) is 3.15. The molecule has 0 aliphatic heterocycles. The number of imidazole rings is 1. The fourth-order valence-corrected chi connectivity index (χ4v) is 3.00. The first kappa shape index (κ1) is 17.9. The molecule has 4 heteroatoms. The molecule has 0 atom stereocenters. The largest absolute Gasteiger partial charge is 0.356 e. The molecule has 3 rings (SSSR count). The third-order valence-electron chi connectivity index (χ3n) is 4.36. The molecule has 2 aromatic carbocycles. The number of nitrogens with one attached hydrogen (secondary N) is 1. The Morgan fingerprint density at radius 3 is 2.46 bits per heavy atom. The summed E-state index contributed by atoms with van der Waals surface area (Å²) in [5.74, 6) is 1.11. The maximum Gasteiger partial charge on any atom is 0.220 e. The van der Waals surface area contributed by atoms with Crippen LogP contribution in [0.5, 0.6) is 0 Å². The molecule has 3 aromatic rings. The molecule has 0 radical (unpaired) electrons. The molecule has 0 spiro atoms. The molecule has 1 aromatic heterocycles. The molecule has 0 saturated heterocycles. The third kappa shape index (κ3) is 5.31. The average molecular weight is 347 g/mol. The van der Waals surface area contributed by atoms with Gasteiger partial charge in [0.1, 0.15) is 5.82 Å². The molecule has 134 valence electrons. The van der Waals surface area contributed by atoms with Crippen LogP contribution >= 0.6 is 0 Å². The summed E-state index contributed by atoms with van der Waals surface area (Å²) in [7, 11) is 0. The van der Waals surface area contributed by atoms with Crippen molar-refractivity contribution < 1.29 is 4.79 Å². The molecule has 26 heavy (non-hydrogen) atoms. The van der Waals surface area contributed by atoms with Gasteiger partial charge in [0.2, 0.25) is 5.91 Å². The molecule has 0 fully saturated rings. The summed E-state index contributed by atoms with van der Waals surface area (Å²) >= 11 is 0. The van der Waals surface area contributed by atoms with Crippen molar-refractivity contribution in [2.24, 2.45) is 0 Å². The van der Waals surface area contributed by atoms with Gasteiger partial charge in [-0.15, -0.1) is 0 Å². The quantitative estimate of drug-likeness (QED) is 0.593. The van der Waals surface area contributed by atoms with Crippen LogP contribution in [-0.4, -0.2) is 22.0 Å². The van der Waals surface area contributed by atoms with Gasteiger partial charge in [-0.1, -0.05) is 60.7 Å². The summed E-state index contributed by atoms with van der Waals surface area (Å²) in [6.07, 6.45) is 7.11. The lowest BCUT2D eigenvalue weighted by atomic mass is 10.1. The van der Waals surface area contributed by atoms with Crippen LogP contribution in [0.4, 0.5) is 0 Å². The van der Waals surface area contributed by atoms with Crippen LogP contribution in [0.3, 0.4) is 0 Å². The van der Waals surface area contributed by atoms with E-state index in [0.717, 1.165) is 37.2 Å². The monoisotopic (exact) mass is 347 g/mol. The second-order valence-electron chi connectivity index (χ2n) is 6.35. The Labute approximate surface area is 154 Å². The molecule has 1 N–H and O–H groups in total. The molecule has 0 unspecified atom stereocenters. The van der Waals surface area contributed by atoms with E-state index in [-0.39, 0.29) is 5.91 Å². The predicted octanol–water partition coefficient (Wildman–Crippen LogP) is 4.08. The summed E-state index contributed by atoms with van der Waals surface area (Å²) in [6, 6.07) is 20.5. The van der Waals surface area contributed by atoms with Crippen molar-refractivity contribution in [2.45, 2.75) is 32.2 Å². The van der Waals surface area contributed by atoms with Crippen molar-refractivity contribution in [1.29, 1.82) is 0 Å². The van der Waals surface area contributed by atoms with Crippen molar-refractivity contribution in [3.63, 3.8) is 0 Å². The topological polar surface area (TPSA) is 46.9 Å². The molecular weight excluding hydrogens is 322 g/mol. The van der Waals surface area contributed by atoms with E-state index < -0.39 is 0 Å². The molecule has 0 saturated carbocycles. The number of amides is 1. The van der Waals surface area contributed by atoms with Gasteiger partial charge in [0.25, 0.3) is 0 Å². The molecule has 1 amide bonds. The zero-order chi connectivity index (χ0) is 18.0. The number of nitrogens with zero attached hydrogens (tertiary/aromatic N) is 2. The lowest BCUT2D eigenvalue weighted by Gasteiger charge is -2.09. The molecular formula is C22H25N3O. The maximum absolute atomic E-state index is 12.0. The minimum absolute atomic E-state index is 0.134. The van der Waals surface area contributed by atoms with Crippen LogP contribution in [0, 0.1) is 0 Å². The summed E-state index contributed by atoms with van der Waals surface area (Å²) in [5, 5.41) is 3.02. The molecule has 0 aliphatic rings. The highest BCUT2D eigenvalue weighted by atomic mass is 16.1. The van der Waals surface area contributed by atoms with Crippen LogP contribution in [0.1, 0.15) is 24.8 Å². The number of benzene rings is 2. The number of hydrogen-bond acceptors (Lipinski definition) is 2. The highest BCUT2D eigenvalue weighted by molar-refractivity contribution is 5.75. The van der Waals surface area contributed by atoms with Gasteiger partial charge in [-0.3, -0.25) is 4.79 Å². The van der Waals surface area contributed by atoms with Crippen molar-refractivity contribution in [1.82, 2.24) is 14.9 Å². The lowest BCUT2D eigenvalue weighted by molar-refractivity contribution is -0.121. The van der Waals surface area contributed by atoms with Crippen molar-refractivity contribution >= 4 is 5.91 Å². The van der Waals surface area contributed by atoms with Gasteiger partial charge in [-0.25, -0.2) is 4.98 Å².